The number of rotatable bonds is 5. The highest BCUT2D eigenvalue weighted by molar-refractivity contribution is 5.94. The number of nitrogens with one attached hydrogen (secondary N) is 2. The van der Waals surface area contributed by atoms with E-state index in [1.165, 1.54) is 0 Å². The number of hydrogen-bond acceptors (Lipinski definition) is 5. The lowest BCUT2D eigenvalue weighted by Crippen LogP contribution is -2.40. The summed E-state index contributed by atoms with van der Waals surface area (Å²) in [5.74, 6) is 0.553. The van der Waals surface area contributed by atoms with Gasteiger partial charge in [-0.25, -0.2) is 4.79 Å². The molecule has 2 amide bonds. The van der Waals surface area contributed by atoms with Crippen molar-refractivity contribution in [2.24, 2.45) is 0 Å². The maximum Gasteiger partial charge on any atom is 0.410 e. The number of hydrogen-bond donors (Lipinski definition) is 2. The number of aromatic amines is 1. The smallest absolute Gasteiger partial charge is 0.410 e. The first-order chi connectivity index (χ1) is 13.8. The molecule has 156 valence electrons. The van der Waals surface area contributed by atoms with Crippen molar-refractivity contribution in [2.75, 3.05) is 20.2 Å². The van der Waals surface area contributed by atoms with Gasteiger partial charge in [-0.1, -0.05) is 12.1 Å². The van der Waals surface area contributed by atoms with Crippen LogP contribution in [0.25, 0.3) is 0 Å². The Labute approximate surface area is 170 Å². The van der Waals surface area contributed by atoms with E-state index in [9.17, 15) is 9.59 Å². The zero-order valence-electron chi connectivity index (χ0n) is 17.4. The molecular formula is C21H28N4O4. The average molecular weight is 400 g/mol. The van der Waals surface area contributed by atoms with Crippen LogP contribution in [0.2, 0.25) is 0 Å². The molecule has 0 saturated carbocycles. The van der Waals surface area contributed by atoms with Gasteiger partial charge in [-0.2, -0.15) is 5.10 Å². The van der Waals surface area contributed by atoms with Gasteiger partial charge in [0, 0.05) is 30.8 Å². The number of H-pyrrole nitrogens is 1. The third kappa shape index (κ3) is 5.28. The number of benzene rings is 1. The second kappa shape index (κ2) is 8.55. The topological polar surface area (TPSA) is 96.5 Å². The molecule has 2 aromatic rings. The molecule has 2 N–H and O–H groups in total. The van der Waals surface area contributed by atoms with Gasteiger partial charge in [-0.15, -0.1) is 0 Å². The van der Waals surface area contributed by atoms with Crippen molar-refractivity contribution in [2.45, 2.75) is 45.8 Å². The highest BCUT2D eigenvalue weighted by Gasteiger charge is 2.30. The number of aromatic nitrogens is 2. The number of ether oxygens (including phenoxy) is 2. The lowest BCUT2D eigenvalue weighted by molar-refractivity contribution is 0.0222. The van der Waals surface area contributed by atoms with Gasteiger partial charge in [0.2, 0.25) is 0 Å². The maximum atomic E-state index is 12.6. The molecule has 0 unspecified atom stereocenters. The first-order valence-electron chi connectivity index (χ1n) is 9.72. The van der Waals surface area contributed by atoms with E-state index < -0.39 is 5.60 Å². The van der Waals surface area contributed by atoms with Crippen molar-refractivity contribution in [1.29, 1.82) is 0 Å². The number of amides is 2. The Morgan fingerprint density at radius 1 is 1.24 bits per heavy atom. The second-order valence-electron chi connectivity index (χ2n) is 8.04. The van der Waals surface area contributed by atoms with E-state index in [1.54, 1.807) is 12.0 Å². The summed E-state index contributed by atoms with van der Waals surface area (Å²) in [5.41, 5.74) is 2.53. The number of carbonyl (C=O) groups is 2. The molecule has 1 aliphatic rings. The molecule has 0 bridgehead atoms. The Hall–Kier alpha value is -3.03. The minimum Gasteiger partial charge on any atom is -0.497 e. The SMILES string of the molecule is COc1ccc(CCNC(=O)c2n[nH]c3c2CN(C(=O)OC(C)(C)C)CC3)cc1. The Kier molecular flexibility index (Phi) is 6.10. The standard InChI is InChI=1S/C21H28N4O4/c1-21(2,3)29-20(27)25-12-10-17-16(13-25)18(24-23-17)19(26)22-11-9-14-5-7-15(28-4)8-6-14/h5-8H,9-13H2,1-4H3,(H,22,26)(H,23,24). The minimum atomic E-state index is -0.560. The molecule has 0 radical (unpaired) electrons. The lowest BCUT2D eigenvalue weighted by Gasteiger charge is -2.30. The predicted octanol–water partition coefficient (Wildman–Crippen LogP) is 2.68. The molecule has 0 aliphatic carbocycles. The van der Waals surface area contributed by atoms with Crippen LogP contribution < -0.4 is 10.1 Å². The van der Waals surface area contributed by atoms with Crippen molar-refractivity contribution in [1.82, 2.24) is 20.4 Å². The van der Waals surface area contributed by atoms with Gasteiger partial charge in [0.1, 0.15) is 11.4 Å². The Morgan fingerprint density at radius 2 is 1.97 bits per heavy atom. The fraction of sp³-hybridized carbons (Fsp3) is 0.476. The lowest BCUT2D eigenvalue weighted by atomic mass is 10.1. The van der Waals surface area contributed by atoms with E-state index in [4.69, 9.17) is 9.47 Å². The van der Waals surface area contributed by atoms with Crippen LogP contribution in [0.3, 0.4) is 0 Å². The van der Waals surface area contributed by atoms with Crippen molar-refractivity contribution in [3.05, 3.63) is 46.8 Å². The minimum absolute atomic E-state index is 0.248. The normalized spacial score (nSPS) is 13.6. The van der Waals surface area contributed by atoms with E-state index in [2.05, 4.69) is 15.5 Å². The van der Waals surface area contributed by atoms with Crippen LogP contribution in [0, 0.1) is 0 Å². The number of methoxy groups -OCH3 is 1. The fourth-order valence-electron chi connectivity index (χ4n) is 3.16. The van der Waals surface area contributed by atoms with E-state index in [1.807, 2.05) is 45.0 Å². The molecule has 1 aromatic carbocycles. The van der Waals surface area contributed by atoms with Gasteiger partial charge >= 0.3 is 6.09 Å². The summed E-state index contributed by atoms with van der Waals surface area (Å²) in [4.78, 5) is 26.6. The highest BCUT2D eigenvalue weighted by atomic mass is 16.6. The van der Waals surface area contributed by atoms with E-state index >= 15 is 0 Å². The molecule has 8 nitrogen and oxygen atoms in total. The summed E-state index contributed by atoms with van der Waals surface area (Å²) >= 11 is 0. The molecular weight excluding hydrogens is 372 g/mol. The first-order valence-corrected chi connectivity index (χ1v) is 9.72. The molecule has 0 fully saturated rings. The summed E-state index contributed by atoms with van der Waals surface area (Å²) in [6, 6.07) is 7.74. The van der Waals surface area contributed by atoms with Crippen LogP contribution in [0.4, 0.5) is 4.79 Å². The van der Waals surface area contributed by atoms with Crippen molar-refractivity contribution in [3.8, 4) is 5.75 Å². The molecule has 8 heteroatoms. The van der Waals surface area contributed by atoms with Gasteiger partial charge in [-0.3, -0.25) is 9.89 Å². The van der Waals surface area contributed by atoms with Crippen molar-refractivity contribution in [3.63, 3.8) is 0 Å². The zero-order valence-corrected chi connectivity index (χ0v) is 17.4. The van der Waals surface area contributed by atoms with Crippen molar-refractivity contribution < 1.29 is 19.1 Å². The van der Waals surface area contributed by atoms with Crippen LogP contribution in [-0.2, 0) is 24.1 Å². The van der Waals surface area contributed by atoms with Crippen LogP contribution in [0.1, 0.15) is 48.1 Å². The van der Waals surface area contributed by atoms with E-state index in [-0.39, 0.29) is 12.0 Å². The summed E-state index contributed by atoms with van der Waals surface area (Å²) in [7, 11) is 1.63. The average Bonchev–Trinajstić information content (AvgIpc) is 3.10. The second-order valence-corrected chi connectivity index (χ2v) is 8.04. The van der Waals surface area contributed by atoms with E-state index in [0.717, 1.165) is 22.6 Å². The van der Waals surface area contributed by atoms with Gasteiger partial charge in [0.25, 0.3) is 5.91 Å². The number of fused-ring (bicyclic) bond motifs is 1. The third-order valence-corrected chi connectivity index (χ3v) is 4.66. The molecule has 3 rings (SSSR count). The summed E-state index contributed by atoms with van der Waals surface area (Å²) < 4.78 is 10.6. The summed E-state index contributed by atoms with van der Waals surface area (Å²) in [5, 5.41) is 10.0. The first kappa shape index (κ1) is 20.7. The number of carbonyl (C=O) groups excluding carboxylic acids is 2. The van der Waals surface area contributed by atoms with Crippen LogP contribution in [0.5, 0.6) is 5.75 Å². The maximum absolute atomic E-state index is 12.6. The molecule has 0 spiro atoms. The van der Waals surface area contributed by atoms with Crippen LogP contribution in [0.15, 0.2) is 24.3 Å². The van der Waals surface area contributed by atoms with Gasteiger partial charge in [0.15, 0.2) is 5.69 Å². The molecule has 0 saturated heterocycles. The molecule has 1 aromatic heterocycles. The van der Waals surface area contributed by atoms with Gasteiger partial charge < -0.3 is 19.7 Å². The van der Waals surface area contributed by atoms with E-state index in [0.29, 0.717) is 38.2 Å². The third-order valence-electron chi connectivity index (χ3n) is 4.66. The van der Waals surface area contributed by atoms with Crippen LogP contribution >= 0.6 is 0 Å². The summed E-state index contributed by atoms with van der Waals surface area (Å²) in [6.45, 7) is 6.83. The summed E-state index contributed by atoms with van der Waals surface area (Å²) in [6.07, 6.45) is 0.933. The predicted molar refractivity (Wildman–Crippen MR) is 108 cm³/mol. The molecule has 1 aliphatic heterocycles. The van der Waals surface area contributed by atoms with Gasteiger partial charge in [0.05, 0.1) is 13.7 Å². The number of nitrogens with zero attached hydrogens (tertiary/aromatic N) is 2. The zero-order chi connectivity index (χ0) is 21.0. The van der Waals surface area contributed by atoms with Gasteiger partial charge in [-0.05, 0) is 44.9 Å². The Bertz CT molecular complexity index is 868. The largest absolute Gasteiger partial charge is 0.497 e. The Morgan fingerprint density at radius 3 is 2.62 bits per heavy atom. The highest BCUT2D eigenvalue weighted by Crippen LogP contribution is 2.22. The monoisotopic (exact) mass is 400 g/mol. The molecule has 0 atom stereocenters. The van der Waals surface area contributed by atoms with Crippen LogP contribution in [-0.4, -0.2) is 52.9 Å². The quantitative estimate of drug-likeness (QED) is 0.804. The molecule has 29 heavy (non-hydrogen) atoms. The van der Waals surface area contributed by atoms with Crippen molar-refractivity contribution >= 4 is 12.0 Å². The fourth-order valence-corrected chi connectivity index (χ4v) is 3.16. The Balaban J connectivity index is 1.58. The molecule has 2 heterocycles.